The molecule has 0 spiro atoms. The lowest BCUT2D eigenvalue weighted by molar-refractivity contribution is -0.138. The number of allylic oxidation sites excluding steroid dienone is 1. The first-order chi connectivity index (χ1) is 16.0. The van der Waals surface area contributed by atoms with Crippen LogP contribution in [0, 0.1) is 0 Å². The number of hydrogen-bond acceptors (Lipinski definition) is 3. The molecule has 1 fully saturated rings. The van der Waals surface area contributed by atoms with Gasteiger partial charge in [0.2, 0.25) is 5.90 Å². The normalized spacial score (nSPS) is 17.8. The molecule has 1 saturated heterocycles. The van der Waals surface area contributed by atoms with Gasteiger partial charge in [0, 0.05) is 5.56 Å². The van der Waals surface area contributed by atoms with Crippen LogP contribution in [0.15, 0.2) is 53.5 Å². The molecule has 0 aliphatic carbocycles. The highest BCUT2D eigenvalue weighted by atomic mass is 19.4. The Kier molecular flexibility index (Phi) is 8.07. The number of ether oxygens (including phenoxy) is 1. The highest BCUT2D eigenvalue weighted by molar-refractivity contribution is 5.88. The van der Waals surface area contributed by atoms with E-state index >= 15 is 0 Å². The molecule has 184 valence electrons. The van der Waals surface area contributed by atoms with Crippen molar-refractivity contribution in [2.75, 3.05) is 13.7 Å². The summed E-state index contributed by atoms with van der Waals surface area (Å²) < 4.78 is 85.2. The molecule has 34 heavy (non-hydrogen) atoms. The van der Waals surface area contributed by atoms with Crippen molar-refractivity contribution in [2.45, 2.75) is 51.0 Å². The van der Waals surface area contributed by atoms with Crippen molar-refractivity contribution in [1.82, 2.24) is 5.32 Å². The van der Waals surface area contributed by atoms with Gasteiger partial charge < -0.3 is 10.1 Å². The number of alkyl halides is 6. The molecule has 3 nitrogen and oxygen atoms in total. The Morgan fingerprint density at radius 2 is 1.74 bits per heavy atom. The van der Waals surface area contributed by atoms with E-state index in [2.05, 4.69) is 10.3 Å². The van der Waals surface area contributed by atoms with Crippen LogP contribution in [0.1, 0.15) is 47.6 Å². The third-order valence-electron chi connectivity index (χ3n) is 5.75. The number of halogens is 6. The van der Waals surface area contributed by atoms with E-state index in [9.17, 15) is 26.3 Å². The van der Waals surface area contributed by atoms with Gasteiger partial charge in [-0.15, -0.1) is 0 Å². The van der Waals surface area contributed by atoms with Crippen LogP contribution in [0.5, 0.6) is 0 Å². The standard InChI is InChI=1S/C25H26F6N2O/c1-3-21(33-23(34-2)22-5-4-14-32-22)18-11-10-17(20(15-18)25(29,30)31)9-6-16-7-12-19(13-8-16)24(26,27)28/h3,7-8,10-13,15,22,32H,4-6,9,14H2,1-2H3/b21-3-,33-23-. The first kappa shape index (κ1) is 25.8. The quantitative estimate of drug-likeness (QED) is 0.282. The molecule has 1 unspecified atom stereocenters. The topological polar surface area (TPSA) is 33.6 Å². The third-order valence-corrected chi connectivity index (χ3v) is 5.75. The second-order valence-corrected chi connectivity index (χ2v) is 8.04. The molecule has 2 aromatic rings. The first-order valence-corrected chi connectivity index (χ1v) is 10.9. The van der Waals surface area contributed by atoms with Crippen molar-refractivity contribution >= 4 is 11.6 Å². The number of hydrogen-bond donors (Lipinski definition) is 1. The molecule has 1 aliphatic rings. The molecular weight excluding hydrogens is 458 g/mol. The minimum Gasteiger partial charge on any atom is -0.483 e. The van der Waals surface area contributed by atoms with Crippen LogP contribution in [0.2, 0.25) is 0 Å². The summed E-state index contributed by atoms with van der Waals surface area (Å²) in [6, 6.07) is 8.42. The second-order valence-electron chi connectivity index (χ2n) is 8.04. The maximum Gasteiger partial charge on any atom is 0.416 e. The van der Waals surface area contributed by atoms with Gasteiger partial charge in [0.05, 0.1) is 30.0 Å². The Balaban J connectivity index is 1.84. The molecule has 9 heteroatoms. The molecule has 1 atom stereocenters. The summed E-state index contributed by atoms with van der Waals surface area (Å²) in [6.07, 6.45) is -5.41. The second kappa shape index (κ2) is 10.6. The van der Waals surface area contributed by atoms with Gasteiger partial charge in [-0.2, -0.15) is 26.3 Å². The molecule has 0 aromatic heterocycles. The smallest absolute Gasteiger partial charge is 0.416 e. The average molecular weight is 484 g/mol. The Hall–Kier alpha value is -2.81. The van der Waals surface area contributed by atoms with Crippen LogP contribution >= 0.6 is 0 Å². The molecule has 1 heterocycles. The van der Waals surface area contributed by atoms with Gasteiger partial charge in [0.15, 0.2) is 0 Å². The van der Waals surface area contributed by atoms with E-state index < -0.39 is 23.5 Å². The lowest BCUT2D eigenvalue weighted by atomic mass is 9.96. The SMILES string of the molecule is C/C=C(\N=C(/OC)C1CCCN1)c1ccc(CCc2ccc(C(F)(F)F)cc2)c(C(F)(F)F)c1. The highest BCUT2D eigenvalue weighted by Crippen LogP contribution is 2.35. The van der Waals surface area contributed by atoms with Gasteiger partial charge in [0.25, 0.3) is 0 Å². The van der Waals surface area contributed by atoms with Gasteiger partial charge in [0.1, 0.15) is 0 Å². The Morgan fingerprint density at radius 1 is 1.03 bits per heavy atom. The predicted octanol–water partition coefficient (Wildman–Crippen LogP) is 6.67. The molecule has 1 aliphatic heterocycles. The Labute approximate surface area is 194 Å². The fourth-order valence-corrected chi connectivity index (χ4v) is 3.93. The van der Waals surface area contributed by atoms with Crippen LogP contribution in [-0.4, -0.2) is 25.6 Å². The summed E-state index contributed by atoms with van der Waals surface area (Å²) in [5.74, 6) is 0.422. The number of nitrogens with zero attached hydrogens (tertiary/aromatic N) is 1. The Morgan fingerprint density at radius 3 is 2.26 bits per heavy atom. The Bertz CT molecular complexity index is 1030. The monoisotopic (exact) mass is 484 g/mol. The maximum atomic E-state index is 13.9. The summed E-state index contributed by atoms with van der Waals surface area (Å²) in [5.41, 5.74) is -0.313. The molecule has 3 rings (SSSR count). The number of benzene rings is 2. The highest BCUT2D eigenvalue weighted by Gasteiger charge is 2.34. The molecule has 0 radical (unpaired) electrons. The van der Waals surface area contributed by atoms with Gasteiger partial charge in [-0.3, -0.25) is 0 Å². The molecule has 1 N–H and O–H groups in total. The molecule has 0 amide bonds. The van der Waals surface area contributed by atoms with Crippen molar-refractivity contribution in [3.63, 3.8) is 0 Å². The number of nitrogens with one attached hydrogen (secondary N) is 1. The van der Waals surface area contributed by atoms with Crippen molar-refractivity contribution in [2.24, 2.45) is 4.99 Å². The van der Waals surface area contributed by atoms with E-state index in [-0.39, 0.29) is 24.4 Å². The fraction of sp³-hybridized carbons (Fsp3) is 0.400. The summed E-state index contributed by atoms with van der Waals surface area (Å²) >= 11 is 0. The zero-order valence-electron chi connectivity index (χ0n) is 18.9. The van der Waals surface area contributed by atoms with E-state index in [0.717, 1.165) is 37.6 Å². The molecule has 0 bridgehead atoms. The molecular formula is C25H26F6N2O. The van der Waals surface area contributed by atoms with Crippen molar-refractivity contribution in [1.29, 1.82) is 0 Å². The number of rotatable bonds is 6. The predicted molar refractivity (Wildman–Crippen MR) is 119 cm³/mol. The lowest BCUT2D eigenvalue weighted by Crippen LogP contribution is -2.32. The average Bonchev–Trinajstić information content (AvgIpc) is 3.32. The maximum absolute atomic E-state index is 13.9. The minimum atomic E-state index is -4.59. The van der Waals surface area contributed by atoms with Gasteiger partial charge in [-0.05, 0) is 68.5 Å². The van der Waals surface area contributed by atoms with Crippen LogP contribution in [0.25, 0.3) is 5.70 Å². The fourth-order valence-electron chi connectivity index (χ4n) is 3.93. The van der Waals surface area contributed by atoms with E-state index in [1.165, 1.54) is 25.3 Å². The summed E-state index contributed by atoms with van der Waals surface area (Å²) in [6.45, 7) is 2.52. The van der Waals surface area contributed by atoms with Gasteiger partial charge in [-0.1, -0.05) is 30.3 Å². The van der Waals surface area contributed by atoms with Gasteiger partial charge >= 0.3 is 12.4 Å². The number of aliphatic imine (C=N–C) groups is 1. The largest absolute Gasteiger partial charge is 0.483 e. The van der Waals surface area contributed by atoms with Crippen LogP contribution < -0.4 is 5.32 Å². The van der Waals surface area contributed by atoms with Crippen LogP contribution in [0.3, 0.4) is 0 Å². The van der Waals surface area contributed by atoms with Crippen LogP contribution in [-0.2, 0) is 29.9 Å². The third kappa shape index (κ3) is 6.40. The lowest BCUT2D eigenvalue weighted by Gasteiger charge is -2.17. The summed E-state index contributed by atoms with van der Waals surface area (Å²) in [4.78, 5) is 4.47. The van der Waals surface area contributed by atoms with Crippen molar-refractivity contribution in [3.8, 4) is 0 Å². The first-order valence-electron chi connectivity index (χ1n) is 10.9. The minimum absolute atomic E-state index is 0.0320. The van der Waals surface area contributed by atoms with E-state index in [4.69, 9.17) is 4.74 Å². The zero-order valence-corrected chi connectivity index (χ0v) is 18.9. The van der Waals surface area contributed by atoms with E-state index in [1.54, 1.807) is 19.1 Å². The van der Waals surface area contributed by atoms with E-state index in [0.29, 0.717) is 22.7 Å². The van der Waals surface area contributed by atoms with Crippen molar-refractivity contribution in [3.05, 3.63) is 76.4 Å². The van der Waals surface area contributed by atoms with E-state index in [1.807, 2.05) is 0 Å². The van der Waals surface area contributed by atoms with Crippen LogP contribution in [0.4, 0.5) is 26.3 Å². The van der Waals surface area contributed by atoms with Gasteiger partial charge in [-0.25, -0.2) is 4.99 Å². The number of methoxy groups -OCH3 is 1. The van der Waals surface area contributed by atoms with Crippen molar-refractivity contribution < 1.29 is 31.1 Å². The summed E-state index contributed by atoms with van der Waals surface area (Å²) in [5, 5.41) is 3.25. The summed E-state index contributed by atoms with van der Waals surface area (Å²) in [7, 11) is 1.48. The molecule has 2 aromatic carbocycles. The zero-order chi connectivity index (χ0) is 24.9. The molecule has 0 saturated carbocycles. The number of aryl methyl sites for hydroxylation is 2.